The van der Waals surface area contributed by atoms with E-state index < -0.39 is 0 Å². The number of benzene rings is 1. The molecule has 5 fully saturated rings. The van der Waals surface area contributed by atoms with Crippen LogP contribution < -0.4 is 5.32 Å². The van der Waals surface area contributed by atoms with E-state index in [1.807, 2.05) is 11.0 Å². The van der Waals surface area contributed by atoms with Gasteiger partial charge in [-0.3, -0.25) is 14.5 Å². The van der Waals surface area contributed by atoms with Gasteiger partial charge in [0.15, 0.2) is 0 Å². The normalized spacial score (nSPS) is 33.7. The highest BCUT2D eigenvalue weighted by atomic mass is 16.2. The molecule has 0 unspecified atom stereocenters. The molecule has 156 valence electrons. The number of nitrogens with one attached hydrogen (secondary N) is 1. The van der Waals surface area contributed by atoms with E-state index in [2.05, 4.69) is 34.5 Å². The van der Waals surface area contributed by atoms with Crippen LogP contribution in [0.5, 0.6) is 0 Å². The maximum atomic E-state index is 13.0. The van der Waals surface area contributed by atoms with Crippen LogP contribution in [0.25, 0.3) is 0 Å². The molecule has 6 rings (SSSR count). The number of hydrogen-bond donors (Lipinski definition) is 1. The minimum Gasteiger partial charge on any atom is -0.347 e. The Morgan fingerprint density at radius 1 is 0.897 bits per heavy atom. The summed E-state index contributed by atoms with van der Waals surface area (Å²) >= 11 is 0. The molecule has 1 N–H and O–H groups in total. The molecule has 0 aromatic heterocycles. The second-order valence-corrected chi connectivity index (χ2v) is 10.0. The Labute approximate surface area is 173 Å². The highest BCUT2D eigenvalue weighted by molar-refractivity contribution is 5.88. The number of nitrogens with zero attached hydrogens (tertiary/aromatic N) is 2. The lowest BCUT2D eigenvalue weighted by molar-refractivity contribution is -0.148. The van der Waals surface area contributed by atoms with Gasteiger partial charge in [0.05, 0.1) is 6.54 Å². The van der Waals surface area contributed by atoms with Gasteiger partial charge in [0.25, 0.3) is 0 Å². The van der Waals surface area contributed by atoms with E-state index in [9.17, 15) is 9.59 Å². The molecule has 1 saturated heterocycles. The molecule has 4 saturated carbocycles. The molecule has 4 bridgehead atoms. The summed E-state index contributed by atoms with van der Waals surface area (Å²) in [5.41, 5.74) is 1.15. The van der Waals surface area contributed by atoms with Gasteiger partial charge in [0.2, 0.25) is 11.8 Å². The fourth-order valence-corrected chi connectivity index (χ4v) is 6.84. The van der Waals surface area contributed by atoms with Gasteiger partial charge >= 0.3 is 0 Å². The molecule has 29 heavy (non-hydrogen) atoms. The van der Waals surface area contributed by atoms with Crippen LogP contribution in [0, 0.1) is 23.2 Å². The van der Waals surface area contributed by atoms with Gasteiger partial charge in [0.1, 0.15) is 0 Å². The lowest BCUT2D eigenvalue weighted by atomic mass is 9.49. The summed E-state index contributed by atoms with van der Waals surface area (Å²) in [6, 6.07) is 10.5. The van der Waals surface area contributed by atoms with Crippen LogP contribution in [0.4, 0.5) is 0 Å². The van der Waals surface area contributed by atoms with Gasteiger partial charge in [-0.15, -0.1) is 0 Å². The predicted octanol–water partition coefficient (Wildman–Crippen LogP) is 2.66. The van der Waals surface area contributed by atoms with Crippen molar-refractivity contribution in [1.29, 1.82) is 0 Å². The molecular weight excluding hydrogens is 362 g/mol. The summed E-state index contributed by atoms with van der Waals surface area (Å²) in [6.45, 7) is 4.38. The average Bonchev–Trinajstić information content (AvgIpc) is 2.72. The van der Waals surface area contributed by atoms with Crippen LogP contribution in [0.2, 0.25) is 0 Å². The third kappa shape index (κ3) is 3.94. The van der Waals surface area contributed by atoms with Crippen LogP contribution in [0.1, 0.15) is 44.1 Å². The zero-order valence-corrected chi connectivity index (χ0v) is 17.3. The minimum absolute atomic E-state index is 0.0717. The maximum Gasteiger partial charge on any atom is 0.242 e. The summed E-state index contributed by atoms with van der Waals surface area (Å²) in [4.78, 5) is 30.1. The lowest BCUT2D eigenvalue weighted by Gasteiger charge is -2.55. The summed E-state index contributed by atoms with van der Waals surface area (Å²) < 4.78 is 0. The van der Waals surface area contributed by atoms with Crippen LogP contribution in [0.15, 0.2) is 30.3 Å². The van der Waals surface area contributed by atoms with Crippen molar-refractivity contribution in [2.75, 3.05) is 32.7 Å². The second-order valence-electron chi connectivity index (χ2n) is 10.0. The van der Waals surface area contributed by atoms with Crippen LogP contribution in [-0.2, 0) is 16.1 Å². The maximum absolute atomic E-state index is 13.0. The Bertz CT molecular complexity index is 719. The van der Waals surface area contributed by atoms with Gasteiger partial charge in [-0.05, 0) is 61.8 Å². The van der Waals surface area contributed by atoms with Crippen molar-refractivity contribution in [1.82, 2.24) is 15.1 Å². The largest absolute Gasteiger partial charge is 0.347 e. The van der Waals surface area contributed by atoms with Crippen LogP contribution in [0.3, 0.4) is 0 Å². The van der Waals surface area contributed by atoms with E-state index in [-0.39, 0.29) is 23.8 Å². The monoisotopic (exact) mass is 395 g/mol. The van der Waals surface area contributed by atoms with Crippen molar-refractivity contribution in [3.05, 3.63) is 35.9 Å². The van der Waals surface area contributed by atoms with Gasteiger partial charge in [0, 0.05) is 38.1 Å². The molecule has 1 aliphatic heterocycles. The average molecular weight is 396 g/mol. The molecule has 1 aromatic carbocycles. The molecule has 0 spiro atoms. The molecule has 0 radical (unpaired) electrons. The molecule has 1 heterocycles. The van der Waals surface area contributed by atoms with E-state index in [0.717, 1.165) is 69.7 Å². The first kappa shape index (κ1) is 19.1. The smallest absolute Gasteiger partial charge is 0.242 e. The number of rotatable bonds is 5. The quantitative estimate of drug-likeness (QED) is 0.834. The minimum atomic E-state index is -0.163. The number of piperazine rings is 1. The van der Waals surface area contributed by atoms with Crippen molar-refractivity contribution in [3.63, 3.8) is 0 Å². The van der Waals surface area contributed by atoms with Crippen LogP contribution >= 0.6 is 0 Å². The molecule has 5 nitrogen and oxygen atoms in total. The fraction of sp³-hybridized carbons (Fsp3) is 0.667. The van der Waals surface area contributed by atoms with E-state index in [1.165, 1.54) is 24.8 Å². The van der Waals surface area contributed by atoms with Crippen LogP contribution in [-0.4, -0.2) is 54.3 Å². The van der Waals surface area contributed by atoms with Gasteiger partial charge in [-0.2, -0.15) is 0 Å². The first-order chi connectivity index (χ1) is 14.1. The van der Waals surface area contributed by atoms with Crippen molar-refractivity contribution in [2.45, 2.75) is 45.1 Å². The predicted molar refractivity (Wildman–Crippen MR) is 112 cm³/mol. The topological polar surface area (TPSA) is 52.7 Å². The third-order valence-corrected chi connectivity index (χ3v) is 7.89. The molecule has 5 heteroatoms. The summed E-state index contributed by atoms with van der Waals surface area (Å²) in [7, 11) is 0. The first-order valence-electron chi connectivity index (χ1n) is 11.4. The zero-order chi connectivity index (χ0) is 19.8. The number of hydrogen-bond acceptors (Lipinski definition) is 3. The Morgan fingerprint density at radius 3 is 2.07 bits per heavy atom. The summed E-state index contributed by atoms with van der Waals surface area (Å²) in [5, 5.41) is 3.04. The lowest BCUT2D eigenvalue weighted by Crippen LogP contribution is -2.55. The molecule has 2 amide bonds. The van der Waals surface area contributed by atoms with Crippen molar-refractivity contribution >= 4 is 11.8 Å². The molecular formula is C24H33N3O2. The number of amides is 2. The Kier molecular flexibility index (Phi) is 5.10. The van der Waals surface area contributed by atoms with Gasteiger partial charge in [-0.25, -0.2) is 0 Å². The summed E-state index contributed by atoms with van der Waals surface area (Å²) in [5.74, 6) is 2.48. The highest BCUT2D eigenvalue weighted by Crippen LogP contribution is 2.60. The summed E-state index contributed by atoms with van der Waals surface area (Å²) in [6.07, 6.45) is 7.15. The number of carbonyl (C=O) groups excluding carboxylic acids is 2. The van der Waals surface area contributed by atoms with E-state index in [1.54, 1.807) is 0 Å². The van der Waals surface area contributed by atoms with Crippen molar-refractivity contribution in [2.24, 2.45) is 23.2 Å². The van der Waals surface area contributed by atoms with E-state index in [0.29, 0.717) is 0 Å². The molecule has 5 aliphatic rings. The van der Waals surface area contributed by atoms with Gasteiger partial charge in [-0.1, -0.05) is 30.3 Å². The zero-order valence-electron chi connectivity index (χ0n) is 17.3. The Balaban J connectivity index is 1.09. The highest BCUT2D eigenvalue weighted by Gasteiger charge is 2.54. The molecule has 4 aliphatic carbocycles. The standard InChI is InChI=1S/C24H33N3O2/c28-22(27-8-6-26(7-9-27)17-18-4-2-1-3-5-18)16-25-23(29)24-13-19-10-20(14-24)12-21(11-19)15-24/h1-5,19-21H,6-17H2,(H,25,29). The second kappa shape index (κ2) is 7.75. The van der Waals surface area contributed by atoms with E-state index in [4.69, 9.17) is 0 Å². The first-order valence-corrected chi connectivity index (χ1v) is 11.4. The number of carbonyl (C=O) groups is 2. The Morgan fingerprint density at radius 2 is 1.48 bits per heavy atom. The third-order valence-electron chi connectivity index (χ3n) is 7.89. The van der Waals surface area contributed by atoms with E-state index >= 15 is 0 Å². The SMILES string of the molecule is O=C(CNC(=O)C12CC3CC(CC(C3)C1)C2)N1CCN(Cc2ccccc2)CC1. The van der Waals surface area contributed by atoms with Crippen molar-refractivity contribution < 1.29 is 9.59 Å². The van der Waals surface area contributed by atoms with Crippen molar-refractivity contribution in [3.8, 4) is 0 Å². The van der Waals surface area contributed by atoms with Gasteiger partial charge < -0.3 is 10.2 Å². The fourth-order valence-electron chi connectivity index (χ4n) is 6.84. The molecule has 0 atom stereocenters. The Hall–Kier alpha value is -1.88. The molecule has 1 aromatic rings.